The molecule has 0 radical (unpaired) electrons. The van der Waals surface area contributed by atoms with Crippen LogP contribution in [-0.4, -0.2) is 79.3 Å². The van der Waals surface area contributed by atoms with Gasteiger partial charge in [0.15, 0.2) is 11.9 Å². The first-order valence-corrected chi connectivity index (χ1v) is 20.2. The molecule has 2 unspecified atom stereocenters. The van der Waals surface area contributed by atoms with Crippen LogP contribution >= 0.6 is 7.82 Å². The fourth-order valence-electron chi connectivity index (χ4n) is 5.43. The van der Waals surface area contributed by atoms with E-state index in [0.717, 1.165) is 38.5 Å². The van der Waals surface area contributed by atoms with Crippen LogP contribution in [0, 0.1) is 0 Å². The number of esters is 1. The van der Waals surface area contributed by atoms with E-state index < -0.39 is 32.6 Å². The molecule has 0 rings (SSSR count). The van der Waals surface area contributed by atoms with Crippen LogP contribution in [0.4, 0.5) is 0 Å². The molecule has 0 aliphatic carbocycles. The molecule has 0 saturated carbocycles. The number of ketones is 1. The number of unbranched alkanes of at least 4 members (excludes halogenated alkanes) is 20. The van der Waals surface area contributed by atoms with Gasteiger partial charge in [0.1, 0.15) is 19.3 Å². The lowest BCUT2D eigenvalue weighted by Crippen LogP contribution is -2.45. The van der Waals surface area contributed by atoms with Crippen molar-refractivity contribution in [2.75, 3.05) is 40.9 Å². The SMILES string of the molecule is CCCCCCCCCCCCCCCC(=O)OC[C@@H](O)COP(=O)(O)OC(C[N+](C)(C)C)C(=O)CCCCCCCCCCC. The van der Waals surface area contributed by atoms with Crippen LogP contribution in [0.3, 0.4) is 0 Å². The lowest BCUT2D eigenvalue weighted by atomic mass is 10.0. The standard InChI is InChI=1S/C36H72NO8P/c1-6-8-10-12-14-16-17-18-19-21-23-25-27-29-36(40)43-31-33(38)32-44-46(41,42)45-35(30-37(3,4)5)34(39)28-26-24-22-20-15-13-11-9-7-2/h33,35,38H,6-32H2,1-5H3/p+1/t33-,35?/m1/s1. The van der Waals surface area contributed by atoms with E-state index in [2.05, 4.69) is 13.8 Å². The average molecular weight is 679 g/mol. The Hall–Kier alpha value is -0.830. The van der Waals surface area contributed by atoms with E-state index in [0.29, 0.717) is 10.9 Å². The Morgan fingerprint density at radius 2 is 1.02 bits per heavy atom. The van der Waals surface area contributed by atoms with Gasteiger partial charge in [-0.25, -0.2) is 4.57 Å². The highest BCUT2D eigenvalue weighted by molar-refractivity contribution is 7.47. The summed E-state index contributed by atoms with van der Waals surface area (Å²) in [6.45, 7) is 3.77. The number of carbonyl (C=O) groups excluding carboxylic acids is 2. The van der Waals surface area contributed by atoms with Crippen LogP contribution in [0.15, 0.2) is 0 Å². The molecule has 2 N–H and O–H groups in total. The number of aliphatic hydroxyl groups excluding tert-OH is 1. The molecule has 0 amide bonds. The molecule has 0 aliphatic heterocycles. The largest absolute Gasteiger partial charge is 0.473 e. The third-order valence-electron chi connectivity index (χ3n) is 8.21. The lowest BCUT2D eigenvalue weighted by molar-refractivity contribution is -0.872. The number of likely N-dealkylation sites (N-methyl/N-ethyl adjacent to an activating group) is 1. The molecule has 0 heterocycles. The average Bonchev–Trinajstić information content (AvgIpc) is 2.99. The summed E-state index contributed by atoms with van der Waals surface area (Å²) in [6.07, 6.45) is 24.2. The number of Topliss-reactive ketones (excluding diaryl/α,β-unsaturated/α-hetero) is 1. The second kappa shape index (κ2) is 29.1. The number of aliphatic hydroxyl groups is 1. The van der Waals surface area contributed by atoms with Gasteiger partial charge in [-0.05, 0) is 12.8 Å². The molecule has 46 heavy (non-hydrogen) atoms. The van der Waals surface area contributed by atoms with Crippen molar-refractivity contribution in [1.29, 1.82) is 0 Å². The fraction of sp³-hybridized carbons (Fsp3) is 0.944. The van der Waals surface area contributed by atoms with Crippen molar-refractivity contribution in [3.63, 3.8) is 0 Å². The Balaban J connectivity index is 4.18. The van der Waals surface area contributed by atoms with Crippen LogP contribution in [0.25, 0.3) is 0 Å². The molecule has 0 bridgehead atoms. The van der Waals surface area contributed by atoms with Gasteiger partial charge in [-0.15, -0.1) is 0 Å². The number of ether oxygens (including phenoxy) is 1. The van der Waals surface area contributed by atoms with E-state index >= 15 is 0 Å². The first kappa shape index (κ1) is 45.2. The quantitative estimate of drug-likeness (QED) is 0.0299. The van der Waals surface area contributed by atoms with Crippen molar-refractivity contribution in [3.8, 4) is 0 Å². The molecule has 10 heteroatoms. The van der Waals surface area contributed by atoms with Gasteiger partial charge in [0.2, 0.25) is 0 Å². The Bertz CT molecular complexity index is 788. The van der Waals surface area contributed by atoms with Gasteiger partial charge in [0, 0.05) is 12.8 Å². The van der Waals surface area contributed by atoms with E-state index in [-0.39, 0.29) is 31.8 Å². The first-order chi connectivity index (χ1) is 21.9. The highest BCUT2D eigenvalue weighted by atomic mass is 31.2. The maximum absolute atomic E-state index is 12.9. The summed E-state index contributed by atoms with van der Waals surface area (Å²) in [6, 6.07) is 0. The van der Waals surface area contributed by atoms with Crippen molar-refractivity contribution in [1.82, 2.24) is 0 Å². The van der Waals surface area contributed by atoms with Crippen molar-refractivity contribution in [2.24, 2.45) is 0 Å². The van der Waals surface area contributed by atoms with Crippen LogP contribution < -0.4 is 0 Å². The highest BCUT2D eigenvalue weighted by Gasteiger charge is 2.35. The van der Waals surface area contributed by atoms with E-state index in [9.17, 15) is 24.2 Å². The number of phosphoric acid groups is 1. The van der Waals surface area contributed by atoms with Crippen molar-refractivity contribution < 1.29 is 42.4 Å². The Kier molecular flexibility index (Phi) is 28.6. The van der Waals surface area contributed by atoms with Gasteiger partial charge in [-0.3, -0.25) is 18.6 Å². The maximum atomic E-state index is 12.9. The topological polar surface area (TPSA) is 119 Å². The highest BCUT2D eigenvalue weighted by Crippen LogP contribution is 2.45. The van der Waals surface area contributed by atoms with Gasteiger partial charge in [-0.1, -0.05) is 142 Å². The Morgan fingerprint density at radius 3 is 1.43 bits per heavy atom. The molecule has 0 spiro atoms. The van der Waals surface area contributed by atoms with Gasteiger partial charge in [0.05, 0.1) is 27.7 Å². The minimum atomic E-state index is -4.63. The Labute approximate surface area is 282 Å². The number of hydrogen-bond acceptors (Lipinski definition) is 7. The van der Waals surface area contributed by atoms with Crippen molar-refractivity contribution >= 4 is 19.6 Å². The second-order valence-electron chi connectivity index (χ2n) is 14.2. The number of nitrogens with zero attached hydrogens (tertiary/aromatic N) is 1. The lowest BCUT2D eigenvalue weighted by Gasteiger charge is -2.29. The Morgan fingerprint density at radius 1 is 0.630 bits per heavy atom. The van der Waals surface area contributed by atoms with Gasteiger partial charge >= 0.3 is 13.8 Å². The number of rotatable bonds is 34. The fourth-order valence-corrected chi connectivity index (χ4v) is 6.36. The van der Waals surface area contributed by atoms with E-state index in [4.69, 9.17) is 13.8 Å². The van der Waals surface area contributed by atoms with Gasteiger partial charge < -0.3 is 19.2 Å². The van der Waals surface area contributed by atoms with Crippen LogP contribution in [-0.2, 0) is 27.9 Å². The second-order valence-corrected chi connectivity index (χ2v) is 15.6. The third kappa shape index (κ3) is 30.5. The van der Waals surface area contributed by atoms with Gasteiger partial charge in [-0.2, -0.15) is 0 Å². The zero-order chi connectivity index (χ0) is 34.5. The molecule has 0 aliphatic rings. The van der Waals surface area contributed by atoms with E-state index in [1.807, 2.05) is 21.1 Å². The zero-order valence-electron chi connectivity index (χ0n) is 30.5. The van der Waals surface area contributed by atoms with Crippen LogP contribution in [0.5, 0.6) is 0 Å². The van der Waals surface area contributed by atoms with E-state index in [1.165, 1.54) is 96.3 Å². The predicted octanol–water partition coefficient (Wildman–Crippen LogP) is 9.07. The normalized spacial score (nSPS) is 14.6. The first-order valence-electron chi connectivity index (χ1n) is 18.7. The zero-order valence-corrected chi connectivity index (χ0v) is 31.4. The summed E-state index contributed by atoms with van der Waals surface area (Å²) >= 11 is 0. The predicted molar refractivity (Wildman–Crippen MR) is 188 cm³/mol. The van der Waals surface area contributed by atoms with Crippen molar-refractivity contribution in [3.05, 3.63) is 0 Å². The molecule has 274 valence electrons. The smallest absolute Gasteiger partial charge is 0.463 e. The monoisotopic (exact) mass is 679 g/mol. The third-order valence-corrected chi connectivity index (χ3v) is 9.21. The number of quaternary nitrogens is 1. The summed E-state index contributed by atoms with van der Waals surface area (Å²) in [5.41, 5.74) is 0. The summed E-state index contributed by atoms with van der Waals surface area (Å²) in [5.74, 6) is -0.632. The summed E-state index contributed by atoms with van der Waals surface area (Å²) in [5, 5.41) is 10.2. The maximum Gasteiger partial charge on any atom is 0.473 e. The summed E-state index contributed by atoms with van der Waals surface area (Å²) < 4.78 is 28.5. The number of phosphoric ester groups is 1. The summed E-state index contributed by atoms with van der Waals surface area (Å²) in [4.78, 5) is 35.3. The molecule has 0 aromatic heterocycles. The molecule has 9 nitrogen and oxygen atoms in total. The molecule has 0 saturated heterocycles. The molecular weight excluding hydrogens is 605 g/mol. The molecular formula is C36H73NO8P+. The molecule has 0 aromatic carbocycles. The van der Waals surface area contributed by atoms with Crippen LogP contribution in [0.2, 0.25) is 0 Å². The molecule has 0 fully saturated rings. The van der Waals surface area contributed by atoms with Crippen molar-refractivity contribution in [2.45, 2.75) is 180 Å². The number of carbonyl (C=O) groups is 2. The minimum Gasteiger partial charge on any atom is -0.463 e. The van der Waals surface area contributed by atoms with E-state index in [1.54, 1.807) is 0 Å². The molecule has 0 aromatic rings. The van der Waals surface area contributed by atoms with Gasteiger partial charge in [0.25, 0.3) is 0 Å². The molecule has 3 atom stereocenters. The minimum absolute atomic E-state index is 0.212. The number of hydrogen-bond donors (Lipinski definition) is 2. The van der Waals surface area contributed by atoms with Crippen LogP contribution in [0.1, 0.15) is 168 Å². The summed E-state index contributed by atoms with van der Waals surface area (Å²) in [7, 11) is 1.00.